The maximum absolute atomic E-state index is 5.82. The van der Waals surface area contributed by atoms with Crippen molar-refractivity contribution in [2.75, 3.05) is 5.73 Å². The number of rotatable bonds is 2. The van der Waals surface area contributed by atoms with Gasteiger partial charge in [-0.2, -0.15) is 0 Å². The first-order valence-corrected chi connectivity index (χ1v) is 5.64. The fraction of sp³-hybridized carbons (Fsp3) is 0.333. The van der Waals surface area contributed by atoms with Gasteiger partial charge in [0.2, 0.25) is 0 Å². The molecule has 0 aromatic heterocycles. The van der Waals surface area contributed by atoms with Gasteiger partial charge in [0.05, 0.1) is 0 Å². The molecule has 2 rings (SSSR count). The van der Waals surface area contributed by atoms with E-state index < -0.39 is 0 Å². The second kappa shape index (κ2) is 3.30. The summed E-state index contributed by atoms with van der Waals surface area (Å²) in [6.45, 7) is 0. The lowest BCUT2D eigenvalue weighted by molar-refractivity contribution is 1.40. The quantitative estimate of drug-likeness (QED) is 0.808. The Morgan fingerprint density at radius 2 is 2.17 bits per heavy atom. The lowest BCUT2D eigenvalue weighted by Gasteiger charge is -2.03. The van der Waals surface area contributed by atoms with E-state index in [0.29, 0.717) is 0 Å². The monoisotopic (exact) mass is 243 g/mol. The van der Waals surface area contributed by atoms with Gasteiger partial charge in [-0.3, -0.25) is 0 Å². The zero-order chi connectivity index (χ0) is 8.55. The summed E-state index contributed by atoms with van der Waals surface area (Å²) < 4.78 is 1.11. The fourth-order valence-corrected chi connectivity index (χ4v) is 2.62. The van der Waals surface area contributed by atoms with Gasteiger partial charge < -0.3 is 5.73 Å². The third-order valence-electron chi connectivity index (χ3n) is 1.79. The molecule has 3 heteroatoms. The lowest BCUT2D eigenvalue weighted by atomic mass is 10.3. The summed E-state index contributed by atoms with van der Waals surface area (Å²) in [5.41, 5.74) is 6.72. The molecule has 1 fully saturated rings. The van der Waals surface area contributed by atoms with Crippen LogP contribution in [0.25, 0.3) is 0 Å². The molecular weight excluding hydrogens is 234 g/mol. The summed E-state index contributed by atoms with van der Waals surface area (Å²) in [6.07, 6.45) is 2.69. The normalized spacial score (nSPS) is 16.4. The molecule has 1 aromatic rings. The highest BCUT2D eigenvalue weighted by atomic mass is 79.9. The summed E-state index contributed by atoms with van der Waals surface area (Å²) in [6, 6.07) is 6.03. The fourth-order valence-electron chi connectivity index (χ4n) is 0.976. The molecule has 1 aromatic carbocycles. The molecule has 0 spiro atoms. The average Bonchev–Trinajstić information content (AvgIpc) is 2.81. The summed E-state index contributed by atoms with van der Waals surface area (Å²) >= 11 is 5.33. The smallest absolute Gasteiger partial charge is 0.0453 e. The van der Waals surface area contributed by atoms with Crippen molar-refractivity contribution in [3.05, 3.63) is 22.7 Å². The summed E-state index contributed by atoms with van der Waals surface area (Å²) in [5, 5.41) is 0.821. The van der Waals surface area contributed by atoms with E-state index in [4.69, 9.17) is 5.73 Å². The Kier molecular flexibility index (Phi) is 2.33. The molecule has 0 aliphatic heterocycles. The Labute approximate surface area is 84.9 Å². The summed E-state index contributed by atoms with van der Waals surface area (Å²) in [4.78, 5) is 1.21. The largest absolute Gasteiger partial charge is 0.398 e. The molecule has 1 aliphatic carbocycles. The Bertz CT molecular complexity index is 297. The van der Waals surface area contributed by atoms with E-state index in [1.807, 2.05) is 23.9 Å². The van der Waals surface area contributed by atoms with E-state index in [-0.39, 0.29) is 0 Å². The molecule has 0 atom stereocenters. The Hall–Kier alpha value is -0.150. The molecule has 0 amide bonds. The topological polar surface area (TPSA) is 26.0 Å². The van der Waals surface area contributed by atoms with Gasteiger partial charge in [-0.1, -0.05) is 15.9 Å². The number of halogens is 1. The Morgan fingerprint density at radius 3 is 2.83 bits per heavy atom. The number of nitrogens with two attached hydrogens (primary N) is 1. The van der Waals surface area contributed by atoms with Crippen molar-refractivity contribution in [1.82, 2.24) is 0 Å². The summed E-state index contributed by atoms with van der Waals surface area (Å²) in [5.74, 6) is 0. The van der Waals surface area contributed by atoms with Gasteiger partial charge in [0, 0.05) is 20.3 Å². The van der Waals surface area contributed by atoms with Crippen LogP contribution >= 0.6 is 27.7 Å². The molecule has 2 N–H and O–H groups in total. The molecule has 1 nitrogen and oxygen atoms in total. The highest BCUT2D eigenvalue weighted by Gasteiger charge is 2.23. The van der Waals surface area contributed by atoms with Crippen LogP contribution in [0.1, 0.15) is 12.8 Å². The van der Waals surface area contributed by atoms with Gasteiger partial charge in [-0.05, 0) is 31.0 Å². The molecule has 1 aliphatic rings. The van der Waals surface area contributed by atoms with Crippen molar-refractivity contribution < 1.29 is 0 Å². The van der Waals surface area contributed by atoms with Gasteiger partial charge in [0.15, 0.2) is 0 Å². The van der Waals surface area contributed by atoms with Crippen molar-refractivity contribution in [3.8, 4) is 0 Å². The first kappa shape index (κ1) is 8.45. The zero-order valence-electron chi connectivity index (χ0n) is 6.59. The minimum Gasteiger partial charge on any atom is -0.398 e. The van der Waals surface area contributed by atoms with Gasteiger partial charge in [-0.15, -0.1) is 11.8 Å². The van der Waals surface area contributed by atoms with E-state index >= 15 is 0 Å². The molecule has 0 radical (unpaired) electrons. The average molecular weight is 244 g/mol. The minimum absolute atomic E-state index is 0.821. The number of anilines is 1. The van der Waals surface area contributed by atoms with Gasteiger partial charge in [0.25, 0.3) is 0 Å². The molecular formula is C9H10BrNS. The molecule has 0 unspecified atom stereocenters. The second-order valence-electron chi connectivity index (χ2n) is 3.00. The molecule has 1 saturated carbocycles. The number of thioether (sulfide) groups is 1. The van der Waals surface area contributed by atoms with Crippen LogP contribution < -0.4 is 5.73 Å². The van der Waals surface area contributed by atoms with E-state index in [1.54, 1.807) is 0 Å². The molecule has 0 bridgehead atoms. The van der Waals surface area contributed by atoms with Crippen LogP contribution in [0, 0.1) is 0 Å². The molecule has 12 heavy (non-hydrogen) atoms. The maximum Gasteiger partial charge on any atom is 0.0453 e. The van der Waals surface area contributed by atoms with Crippen LogP contribution in [0.2, 0.25) is 0 Å². The van der Waals surface area contributed by atoms with Gasteiger partial charge in [-0.25, -0.2) is 0 Å². The molecule has 0 heterocycles. The predicted molar refractivity (Wildman–Crippen MR) is 57.4 cm³/mol. The first-order valence-electron chi connectivity index (χ1n) is 3.97. The third kappa shape index (κ3) is 1.96. The van der Waals surface area contributed by atoms with Crippen molar-refractivity contribution in [2.45, 2.75) is 23.0 Å². The van der Waals surface area contributed by atoms with Crippen LogP contribution in [-0.4, -0.2) is 5.25 Å². The summed E-state index contributed by atoms with van der Waals surface area (Å²) in [7, 11) is 0. The number of hydrogen-bond donors (Lipinski definition) is 1. The van der Waals surface area contributed by atoms with E-state index in [1.165, 1.54) is 17.7 Å². The van der Waals surface area contributed by atoms with Crippen molar-refractivity contribution >= 4 is 33.4 Å². The number of benzene rings is 1. The third-order valence-corrected chi connectivity index (χ3v) is 3.70. The van der Waals surface area contributed by atoms with Crippen molar-refractivity contribution in [2.24, 2.45) is 0 Å². The molecule has 0 saturated heterocycles. The van der Waals surface area contributed by atoms with E-state index in [0.717, 1.165) is 15.4 Å². The first-order chi connectivity index (χ1) is 5.75. The van der Waals surface area contributed by atoms with Gasteiger partial charge in [0.1, 0.15) is 0 Å². The highest BCUT2D eigenvalue weighted by Crippen LogP contribution is 2.41. The standard InChI is InChI=1S/C9H10BrNS/c10-6-1-4-8(11)9(5-6)12-7-2-3-7/h1,4-5,7H,2-3,11H2. The van der Waals surface area contributed by atoms with Crippen LogP contribution in [0.15, 0.2) is 27.6 Å². The highest BCUT2D eigenvalue weighted by molar-refractivity contribution is 9.10. The van der Waals surface area contributed by atoms with Crippen LogP contribution in [-0.2, 0) is 0 Å². The zero-order valence-corrected chi connectivity index (χ0v) is 8.99. The van der Waals surface area contributed by atoms with Crippen molar-refractivity contribution in [3.63, 3.8) is 0 Å². The maximum atomic E-state index is 5.82. The van der Waals surface area contributed by atoms with Gasteiger partial charge >= 0.3 is 0 Å². The van der Waals surface area contributed by atoms with Crippen LogP contribution in [0.3, 0.4) is 0 Å². The van der Waals surface area contributed by atoms with Crippen molar-refractivity contribution in [1.29, 1.82) is 0 Å². The minimum atomic E-state index is 0.821. The SMILES string of the molecule is Nc1ccc(Br)cc1SC1CC1. The number of hydrogen-bond acceptors (Lipinski definition) is 2. The lowest BCUT2D eigenvalue weighted by Crippen LogP contribution is -1.88. The molecule has 64 valence electrons. The second-order valence-corrected chi connectivity index (χ2v) is 5.26. The Balaban J connectivity index is 2.21. The Morgan fingerprint density at radius 1 is 1.42 bits per heavy atom. The van der Waals surface area contributed by atoms with Crippen LogP contribution in [0.4, 0.5) is 5.69 Å². The van der Waals surface area contributed by atoms with E-state index in [9.17, 15) is 0 Å². The van der Waals surface area contributed by atoms with Crippen LogP contribution in [0.5, 0.6) is 0 Å². The van der Waals surface area contributed by atoms with E-state index in [2.05, 4.69) is 22.0 Å². The number of nitrogen functional groups attached to an aromatic ring is 1. The predicted octanol–water partition coefficient (Wildman–Crippen LogP) is 3.29.